The molecule has 0 saturated heterocycles. The van der Waals surface area contributed by atoms with Crippen LogP contribution in [-0.4, -0.2) is 35.8 Å². The van der Waals surface area contributed by atoms with Crippen molar-refractivity contribution in [1.29, 1.82) is 0 Å². The molecule has 2 rings (SSSR count). The van der Waals surface area contributed by atoms with Gasteiger partial charge < -0.3 is 19.6 Å². The van der Waals surface area contributed by atoms with Crippen molar-refractivity contribution in [2.75, 3.05) is 25.1 Å². The molecule has 0 amide bonds. The summed E-state index contributed by atoms with van der Waals surface area (Å²) in [5.41, 5.74) is 1.49. The predicted octanol–water partition coefficient (Wildman–Crippen LogP) is 1.34. The van der Waals surface area contributed by atoms with Crippen LogP contribution in [0.3, 0.4) is 0 Å². The predicted molar refractivity (Wildman–Crippen MR) is 61.0 cm³/mol. The number of aromatic nitrogens is 1. The molecule has 2 aromatic rings. The number of aliphatic carboxylic acids is 1. The van der Waals surface area contributed by atoms with Crippen molar-refractivity contribution >= 4 is 23.1 Å². The first-order valence-electron chi connectivity index (χ1n) is 5.15. The van der Waals surface area contributed by atoms with Crippen LogP contribution in [0, 0.1) is 0 Å². The molecule has 6 nitrogen and oxygen atoms in total. The van der Waals surface area contributed by atoms with Gasteiger partial charge in [0.1, 0.15) is 12.1 Å². The van der Waals surface area contributed by atoms with E-state index in [2.05, 4.69) is 10.3 Å². The van der Waals surface area contributed by atoms with Crippen molar-refractivity contribution in [3.8, 4) is 0 Å². The minimum absolute atomic E-state index is 0.283. The number of hydrogen-bond acceptors (Lipinski definition) is 5. The van der Waals surface area contributed by atoms with Crippen LogP contribution in [0.1, 0.15) is 0 Å². The fourth-order valence-electron chi connectivity index (χ4n) is 1.34. The number of hydrogen-bond donors (Lipinski definition) is 2. The zero-order chi connectivity index (χ0) is 12.1. The fraction of sp³-hybridized carbons (Fsp3) is 0.273. The molecule has 0 aliphatic carbocycles. The second kappa shape index (κ2) is 5.31. The molecule has 90 valence electrons. The zero-order valence-corrected chi connectivity index (χ0v) is 9.05. The second-order valence-corrected chi connectivity index (χ2v) is 3.36. The van der Waals surface area contributed by atoms with Gasteiger partial charge in [-0.2, -0.15) is 4.98 Å². The minimum Gasteiger partial charge on any atom is -0.480 e. The molecule has 6 heteroatoms. The van der Waals surface area contributed by atoms with E-state index in [0.717, 1.165) is 5.52 Å². The minimum atomic E-state index is -0.980. The highest BCUT2D eigenvalue weighted by atomic mass is 16.5. The monoisotopic (exact) mass is 236 g/mol. The Morgan fingerprint density at radius 3 is 3.06 bits per heavy atom. The summed E-state index contributed by atoms with van der Waals surface area (Å²) in [6.07, 6.45) is 0. The molecule has 2 N–H and O–H groups in total. The lowest BCUT2D eigenvalue weighted by atomic mass is 10.3. The maximum absolute atomic E-state index is 10.2. The van der Waals surface area contributed by atoms with Gasteiger partial charge in [-0.1, -0.05) is 12.1 Å². The number of rotatable bonds is 6. The number of anilines is 1. The van der Waals surface area contributed by atoms with Crippen molar-refractivity contribution in [3.05, 3.63) is 24.3 Å². The molecule has 0 saturated carbocycles. The molecule has 0 fully saturated rings. The number of oxazole rings is 1. The van der Waals surface area contributed by atoms with E-state index in [1.807, 2.05) is 24.3 Å². The van der Waals surface area contributed by atoms with Gasteiger partial charge in [0.05, 0.1) is 6.61 Å². The van der Waals surface area contributed by atoms with E-state index in [0.29, 0.717) is 18.1 Å². The van der Waals surface area contributed by atoms with E-state index in [9.17, 15) is 4.79 Å². The number of fused-ring (bicyclic) bond motifs is 1. The summed E-state index contributed by atoms with van der Waals surface area (Å²) in [6, 6.07) is 7.84. The van der Waals surface area contributed by atoms with Gasteiger partial charge in [0.25, 0.3) is 6.01 Å². The number of carbonyl (C=O) groups is 1. The highest BCUT2D eigenvalue weighted by Crippen LogP contribution is 2.17. The molecule has 1 heterocycles. The molecule has 0 radical (unpaired) electrons. The number of carboxylic acids is 1. The third kappa shape index (κ3) is 3.18. The van der Waals surface area contributed by atoms with E-state index < -0.39 is 5.97 Å². The standard InChI is InChI=1S/C11H12N2O4/c14-10(15)7-16-6-5-12-11-13-8-3-1-2-4-9(8)17-11/h1-4H,5-7H2,(H,12,13)(H,14,15). The topological polar surface area (TPSA) is 84.6 Å². The molecule has 0 spiro atoms. The average molecular weight is 236 g/mol. The van der Waals surface area contributed by atoms with Crippen LogP contribution in [0.5, 0.6) is 0 Å². The van der Waals surface area contributed by atoms with E-state index in [4.69, 9.17) is 14.3 Å². The second-order valence-electron chi connectivity index (χ2n) is 3.36. The molecular formula is C11H12N2O4. The van der Waals surface area contributed by atoms with Crippen LogP contribution < -0.4 is 5.32 Å². The first-order chi connectivity index (χ1) is 8.25. The molecule has 0 atom stereocenters. The van der Waals surface area contributed by atoms with E-state index >= 15 is 0 Å². The Kier molecular flexibility index (Phi) is 3.56. The maximum atomic E-state index is 10.2. The number of para-hydroxylation sites is 2. The van der Waals surface area contributed by atoms with Crippen molar-refractivity contribution in [2.24, 2.45) is 0 Å². The molecule has 0 bridgehead atoms. The lowest BCUT2D eigenvalue weighted by Crippen LogP contribution is -2.14. The first-order valence-corrected chi connectivity index (χ1v) is 5.15. The highest BCUT2D eigenvalue weighted by Gasteiger charge is 2.03. The Bertz CT molecular complexity index is 476. The van der Waals surface area contributed by atoms with Crippen LogP contribution in [0.2, 0.25) is 0 Å². The third-order valence-corrected chi connectivity index (χ3v) is 2.04. The van der Waals surface area contributed by atoms with E-state index in [1.165, 1.54) is 0 Å². The molecule has 0 unspecified atom stereocenters. The van der Waals surface area contributed by atoms with Crippen molar-refractivity contribution < 1.29 is 19.1 Å². The zero-order valence-electron chi connectivity index (χ0n) is 9.05. The molecule has 0 aliphatic heterocycles. The number of nitrogens with one attached hydrogen (secondary N) is 1. The third-order valence-electron chi connectivity index (χ3n) is 2.04. The summed E-state index contributed by atoms with van der Waals surface area (Å²) in [5.74, 6) is -0.980. The average Bonchev–Trinajstić information content (AvgIpc) is 2.70. The van der Waals surface area contributed by atoms with Crippen molar-refractivity contribution in [1.82, 2.24) is 4.98 Å². The van der Waals surface area contributed by atoms with E-state index in [1.54, 1.807) is 0 Å². The van der Waals surface area contributed by atoms with Gasteiger partial charge in [-0.3, -0.25) is 0 Å². The van der Waals surface area contributed by atoms with Crippen molar-refractivity contribution in [3.63, 3.8) is 0 Å². The smallest absolute Gasteiger partial charge is 0.329 e. The van der Waals surface area contributed by atoms with Crippen molar-refractivity contribution in [2.45, 2.75) is 0 Å². The highest BCUT2D eigenvalue weighted by molar-refractivity contribution is 5.74. The lowest BCUT2D eigenvalue weighted by Gasteiger charge is -2.01. The number of benzene rings is 1. The Morgan fingerprint density at radius 1 is 1.47 bits per heavy atom. The van der Waals surface area contributed by atoms with Crippen LogP contribution in [0.15, 0.2) is 28.7 Å². The van der Waals surface area contributed by atoms with E-state index in [-0.39, 0.29) is 13.2 Å². The quantitative estimate of drug-likeness (QED) is 0.736. The number of nitrogens with zero attached hydrogens (tertiary/aromatic N) is 1. The van der Waals surface area contributed by atoms with Gasteiger partial charge in [-0.15, -0.1) is 0 Å². The summed E-state index contributed by atoms with van der Waals surface area (Å²) < 4.78 is 10.3. The Morgan fingerprint density at radius 2 is 2.29 bits per heavy atom. The molecule has 1 aromatic carbocycles. The van der Waals surface area contributed by atoms with Crippen LogP contribution in [0.25, 0.3) is 11.1 Å². The summed E-state index contributed by atoms with van der Waals surface area (Å²) in [6.45, 7) is 0.431. The summed E-state index contributed by atoms with van der Waals surface area (Å²) in [4.78, 5) is 14.4. The summed E-state index contributed by atoms with van der Waals surface area (Å²) in [5, 5.41) is 11.3. The SMILES string of the molecule is O=C(O)COCCNc1nc2ccccc2o1. The lowest BCUT2D eigenvalue weighted by molar-refractivity contribution is -0.142. The largest absolute Gasteiger partial charge is 0.480 e. The van der Waals surface area contributed by atoms with Gasteiger partial charge in [0.2, 0.25) is 0 Å². The first kappa shape index (κ1) is 11.4. The van der Waals surface area contributed by atoms with Gasteiger partial charge in [-0.25, -0.2) is 4.79 Å². The Labute approximate surface area is 97.2 Å². The molecule has 17 heavy (non-hydrogen) atoms. The van der Waals surface area contributed by atoms with Crippen LogP contribution in [0.4, 0.5) is 6.01 Å². The fourth-order valence-corrected chi connectivity index (χ4v) is 1.34. The molecular weight excluding hydrogens is 224 g/mol. The maximum Gasteiger partial charge on any atom is 0.329 e. The van der Waals surface area contributed by atoms with Gasteiger partial charge in [-0.05, 0) is 12.1 Å². The van der Waals surface area contributed by atoms with Crippen LogP contribution in [-0.2, 0) is 9.53 Å². The number of carboxylic acid groups (broad SMARTS) is 1. The summed E-state index contributed by atoms with van der Waals surface area (Å²) >= 11 is 0. The van der Waals surface area contributed by atoms with Gasteiger partial charge in [0, 0.05) is 6.54 Å². The Balaban J connectivity index is 1.81. The van der Waals surface area contributed by atoms with Gasteiger partial charge >= 0.3 is 5.97 Å². The summed E-state index contributed by atoms with van der Waals surface area (Å²) in [7, 11) is 0. The number of ether oxygens (including phenoxy) is 1. The molecule has 0 aliphatic rings. The van der Waals surface area contributed by atoms with Crippen LogP contribution >= 0.6 is 0 Å². The normalized spacial score (nSPS) is 10.6. The molecule has 1 aromatic heterocycles. The van der Waals surface area contributed by atoms with Gasteiger partial charge in [0.15, 0.2) is 5.58 Å². The Hall–Kier alpha value is -2.08.